The monoisotopic (exact) mass is 735 g/mol. The van der Waals surface area contributed by atoms with Gasteiger partial charge in [-0.3, -0.25) is 0 Å². The summed E-state index contributed by atoms with van der Waals surface area (Å²) in [4.78, 5) is 2.43. The van der Waals surface area contributed by atoms with Crippen LogP contribution >= 0.6 is 22.7 Å². The van der Waals surface area contributed by atoms with Gasteiger partial charge in [-0.15, -0.1) is 22.7 Å². The van der Waals surface area contributed by atoms with Gasteiger partial charge < -0.3 is 4.90 Å². The summed E-state index contributed by atoms with van der Waals surface area (Å²) < 4.78 is 5.27. The molecule has 0 amide bonds. The van der Waals surface area contributed by atoms with E-state index in [0.717, 1.165) is 17.1 Å². The molecule has 9 aromatic carbocycles. The zero-order chi connectivity index (χ0) is 36.3. The fourth-order valence-electron chi connectivity index (χ4n) is 8.19. The molecule has 2 aromatic heterocycles. The molecule has 3 heteroatoms. The Bertz CT molecular complexity index is 3220. The molecule has 0 aliphatic rings. The molecule has 0 aliphatic heterocycles. The standard InChI is InChI=1S/C52H33NS2/c1-2-12-36-31-37(24-23-34(36)11-1)35-25-28-40(29-26-35)53(41-14-9-13-38(32-41)43-18-10-19-46-44-16-4-8-22-50(44)55-52(43)46)48-20-6-3-15-42(48)39-27-30-51-47(33-39)45-17-5-7-21-49(45)54-51/h1-33H. The highest BCUT2D eigenvalue weighted by Gasteiger charge is 2.20. The number of para-hydroxylation sites is 1. The predicted molar refractivity (Wildman–Crippen MR) is 241 cm³/mol. The topological polar surface area (TPSA) is 3.24 Å². The smallest absolute Gasteiger partial charge is 0.0540 e. The van der Waals surface area contributed by atoms with Crippen LogP contribution in [0.1, 0.15) is 0 Å². The predicted octanol–water partition coefficient (Wildman–Crippen LogP) is 16.0. The highest BCUT2D eigenvalue weighted by Crippen LogP contribution is 2.46. The Morgan fingerprint density at radius 1 is 0.309 bits per heavy atom. The van der Waals surface area contributed by atoms with Gasteiger partial charge in [0.2, 0.25) is 0 Å². The van der Waals surface area contributed by atoms with Crippen LogP contribution in [-0.4, -0.2) is 0 Å². The second-order valence-electron chi connectivity index (χ2n) is 14.1. The van der Waals surface area contributed by atoms with Crippen molar-refractivity contribution in [1.29, 1.82) is 0 Å². The Morgan fingerprint density at radius 3 is 1.80 bits per heavy atom. The molecule has 0 N–H and O–H groups in total. The van der Waals surface area contributed by atoms with Crippen LogP contribution in [0.2, 0.25) is 0 Å². The maximum Gasteiger partial charge on any atom is 0.0540 e. The molecule has 0 saturated heterocycles. The van der Waals surface area contributed by atoms with E-state index in [1.54, 1.807) is 0 Å². The van der Waals surface area contributed by atoms with E-state index in [1.165, 1.54) is 84.5 Å². The van der Waals surface area contributed by atoms with E-state index in [-0.39, 0.29) is 0 Å². The van der Waals surface area contributed by atoms with Gasteiger partial charge in [-0.25, -0.2) is 0 Å². The molecule has 258 valence electrons. The van der Waals surface area contributed by atoms with Gasteiger partial charge >= 0.3 is 0 Å². The van der Waals surface area contributed by atoms with Crippen molar-refractivity contribution in [2.45, 2.75) is 0 Å². The Morgan fingerprint density at radius 2 is 0.927 bits per heavy atom. The fourth-order valence-corrected chi connectivity index (χ4v) is 10.5. The van der Waals surface area contributed by atoms with Crippen LogP contribution in [0.25, 0.3) is 84.5 Å². The first-order valence-electron chi connectivity index (χ1n) is 18.7. The lowest BCUT2D eigenvalue weighted by Crippen LogP contribution is -2.11. The summed E-state index contributed by atoms with van der Waals surface area (Å²) in [6, 6.07) is 73.5. The lowest BCUT2D eigenvalue weighted by molar-refractivity contribution is 1.28. The van der Waals surface area contributed by atoms with Gasteiger partial charge in [-0.2, -0.15) is 0 Å². The summed E-state index contributed by atoms with van der Waals surface area (Å²) >= 11 is 3.74. The molecule has 11 aromatic rings. The lowest BCUT2D eigenvalue weighted by Gasteiger charge is -2.28. The van der Waals surface area contributed by atoms with Gasteiger partial charge in [0.05, 0.1) is 5.69 Å². The lowest BCUT2D eigenvalue weighted by atomic mass is 9.98. The molecule has 0 radical (unpaired) electrons. The van der Waals surface area contributed by atoms with Gasteiger partial charge in [-0.05, 0) is 99.3 Å². The number of thiophene rings is 2. The summed E-state index contributed by atoms with van der Waals surface area (Å²) in [7, 11) is 0. The van der Waals surface area contributed by atoms with Crippen molar-refractivity contribution >= 4 is 90.9 Å². The van der Waals surface area contributed by atoms with Crippen molar-refractivity contribution in [3.63, 3.8) is 0 Å². The number of benzene rings is 9. The number of anilines is 3. The summed E-state index contributed by atoms with van der Waals surface area (Å²) in [6.07, 6.45) is 0. The van der Waals surface area contributed by atoms with Gasteiger partial charge in [0.1, 0.15) is 0 Å². The number of hydrogen-bond acceptors (Lipinski definition) is 3. The minimum Gasteiger partial charge on any atom is -0.310 e. The minimum absolute atomic E-state index is 1.11. The van der Waals surface area contributed by atoms with E-state index >= 15 is 0 Å². The van der Waals surface area contributed by atoms with Gasteiger partial charge in [-0.1, -0.05) is 140 Å². The highest BCUT2D eigenvalue weighted by molar-refractivity contribution is 7.26. The molecule has 1 nitrogen and oxygen atoms in total. The molecule has 2 heterocycles. The third-order valence-corrected chi connectivity index (χ3v) is 13.2. The normalized spacial score (nSPS) is 11.6. The summed E-state index contributed by atoms with van der Waals surface area (Å²) in [6.45, 7) is 0. The summed E-state index contributed by atoms with van der Waals surface area (Å²) in [5, 5.41) is 7.75. The molecular weight excluding hydrogens is 703 g/mol. The second kappa shape index (κ2) is 13.1. The first kappa shape index (κ1) is 32.0. The van der Waals surface area contributed by atoms with E-state index in [2.05, 4.69) is 205 Å². The van der Waals surface area contributed by atoms with Gasteiger partial charge in [0.25, 0.3) is 0 Å². The maximum absolute atomic E-state index is 2.43. The van der Waals surface area contributed by atoms with Crippen LogP contribution in [0.4, 0.5) is 17.1 Å². The molecule has 0 aliphatic carbocycles. The van der Waals surface area contributed by atoms with Crippen molar-refractivity contribution in [1.82, 2.24) is 0 Å². The number of nitrogens with zero attached hydrogens (tertiary/aromatic N) is 1. The van der Waals surface area contributed by atoms with Crippen LogP contribution in [0, 0.1) is 0 Å². The van der Waals surface area contributed by atoms with Crippen LogP contribution < -0.4 is 4.90 Å². The van der Waals surface area contributed by atoms with E-state index < -0.39 is 0 Å². The summed E-state index contributed by atoms with van der Waals surface area (Å²) in [5.41, 5.74) is 10.6. The Labute approximate surface area is 327 Å². The first-order valence-corrected chi connectivity index (χ1v) is 20.3. The average molecular weight is 736 g/mol. The quantitative estimate of drug-likeness (QED) is 0.164. The molecule has 0 unspecified atom stereocenters. The zero-order valence-corrected chi connectivity index (χ0v) is 31.4. The van der Waals surface area contributed by atoms with E-state index in [1.807, 2.05) is 22.7 Å². The average Bonchev–Trinajstić information content (AvgIpc) is 3.82. The Balaban J connectivity index is 1.08. The Kier molecular flexibility index (Phi) is 7.61. The maximum atomic E-state index is 2.43. The zero-order valence-electron chi connectivity index (χ0n) is 29.8. The van der Waals surface area contributed by atoms with Gasteiger partial charge in [0.15, 0.2) is 0 Å². The molecule has 55 heavy (non-hydrogen) atoms. The molecule has 0 spiro atoms. The largest absolute Gasteiger partial charge is 0.310 e. The van der Waals surface area contributed by atoms with Crippen molar-refractivity contribution in [3.05, 3.63) is 200 Å². The van der Waals surface area contributed by atoms with Crippen molar-refractivity contribution in [2.75, 3.05) is 4.90 Å². The molecule has 0 saturated carbocycles. The van der Waals surface area contributed by atoms with Crippen LogP contribution in [0.15, 0.2) is 200 Å². The Hall–Kier alpha value is -6.52. The third kappa shape index (κ3) is 5.51. The third-order valence-electron chi connectivity index (χ3n) is 10.9. The van der Waals surface area contributed by atoms with Crippen molar-refractivity contribution in [3.8, 4) is 33.4 Å². The van der Waals surface area contributed by atoms with E-state index in [4.69, 9.17) is 0 Å². The minimum atomic E-state index is 1.11. The SMILES string of the molecule is c1cc(-c2cccc3c2sc2ccccc23)cc(N(c2ccc(-c3ccc4ccccc4c3)cc2)c2ccccc2-c2ccc3sc4ccccc4c3c2)c1. The van der Waals surface area contributed by atoms with Crippen LogP contribution in [0.5, 0.6) is 0 Å². The number of fused-ring (bicyclic) bond motifs is 7. The van der Waals surface area contributed by atoms with E-state index in [0.29, 0.717) is 0 Å². The van der Waals surface area contributed by atoms with Gasteiger partial charge in [0, 0.05) is 57.3 Å². The van der Waals surface area contributed by atoms with Crippen molar-refractivity contribution < 1.29 is 0 Å². The molecule has 0 fully saturated rings. The first-order chi connectivity index (χ1) is 27.2. The van der Waals surface area contributed by atoms with Crippen LogP contribution in [-0.2, 0) is 0 Å². The number of hydrogen-bond donors (Lipinski definition) is 0. The van der Waals surface area contributed by atoms with E-state index in [9.17, 15) is 0 Å². The molecular formula is C52H33NS2. The number of rotatable bonds is 6. The molecule has 11 rings (SSSR count). The highest BCUT2D eigenvalue weighted by atomic mass is 32.1. The van der Waals surface area contributed by atoms with Crippen LogP contribution in [0.3, 0.4) is 0 Å². The molecule has 0 atom stereocenters. The summed E-state index contributed by atoms with van der Waals surface area (Å²) in [5.74, 6) is 0. The fraction of sp³-hybridized carbons (Fsp3) is 0. The van der Waals surface area contributed by atoms with Crippen molar-refractivity contribution in [2.24, 2.45) is 0 Å². The molecule has 0 bridgehead atoms. The second-order valence-corrected chi connectivity index (χ2v) is 16.2.